The Morgan fingerprint density at radius 3 is 2.45 bits per heavy atom. The van der Waals surface area contributed by atoms with E-state index in [1.807, 2.05) is 24.3 Å². The van der Waals surface area contributed by atoms with E-state index in [1.165, 1.54) is 6.42 Å². The zero-order valence-corrected chi connectivity index (χ0v) is 12.3. The summed E-state index contributed by atoms with van der Waals surface area (Å²) in [6.45, 7) is 8.37. The number of anilines is 2. The number of hydrogen-bond acceptors (Lipinski definition) is 5. The SMILES string of the molecule is CCCN(CC)CCNc1nc2ccccc2nc1N. The third-order valence-electron chi connectivity index (χ3n) is 3.31. The largest absolute Gasteiger partial charge is 0.381 e. The minimum Gasteiger partial charge on any atom is -0.381 e. The highest BCUT2D eigenvalue weighted by Crippen LogP contribution is 2.17. The van der Waals surface area contributed by atoms with Gasteiger partial charge in [0.2, 0.25) is 0 Å². The molecule has 20 heavy (non-hydrogen) atoms. The number of rotatable bonds is 7. The van der Waals surface area contributed by atoms with E-state index in [9.17, 15) is 0 Å². The molecule has 0 spiro atoms. The fourth-order valence-electron chi connectivity index (χ4n) is 2.22. The maximum atomic E-state index is 5.94. The van der Waals surface area contributed by atoms with Gasteiger partial charge in [-0.25, -0.2) is 9.97 Å². The molecule has 0 saturated carbocycles. The number of nitrogens with two attached hydrogens (primary N) is 1. The average Bonchev–Trinajstić information content (AvgIpc) is 2.46. The average molecular weight is 273 g/mol. The highest BCUT2D eigenvalue weighted by Gasteiger charge is 2.06. The number of para-hydroxylation sites is 2. The van der Waals surface area contributed by atoms with Crippen molar-refractivity contribution < 1.29 is 0 Å². The Kier molecular flexibility index (Phi) is 5.12. The maximum Gasteiger partial charge on any atom is 0.169 e. The van der Waals surface area contributed by atoms with Crippen LogP contribution in [-0.2, 0) is 0 Å². The standard InChI is InChI=1S/C15H23N5/c1-3-10-20(4-2)11-9-17-15-14(16)18-12-7-5-6-8-13(12)19-15/h5-8H,3-4,9-11H2,1-2H3,(H2,16,18)(H,17,19). The molecule has 1 heterocycles. The Morgan fingerprint density at radius 2 is 1.80 bits per heavy atom. The lowest BCUT2D eigenvalue weighted by atomic mass is 10.3. The molecular weight excluding hydrogens is 250 g/mol. The van der Waals surface area contributed by atoms with Crippen molar-refractivity contribution in [3.8, 4) is 0 Å². The van der Waals surface area contributed by atoms with Crippen LogP contribution in [0.5, 0.6) is 0 Å². The van der Waals surface area contributed by atoms with Crippen molar-refractivity contribution >= 4 is 22.7 Å². The number of aromatic nitrogens is 2. The molecule has 5 heteroatoms. The van der Waals surface area contributed by atoms with E-state index in [2.05, 4.69) is 34.0 Å². The predicted molar refractivity (Wildman–Crippen MR) is 84.8 cm³/mol. The van der Waals surface area contributed by atoms with Crippen LogP contribution in [0.3, 0.4) is 0 Å². The third kappa shape index (κ3) is 3.57. The molecule has 0 aliphatic rings. The number of nitrogen functional groups attached to an aromatic ring is 1. The molecule has 0 fully saturated rings. The topological polar surface area (TPSA) is 67.1 Å². The van der Waals surface area contributed by atoms with Crippen molar-refractivity contribution in [2.45, 2.75) is 20.3 Å². The molecule has 0 atom stereocenters. The van der Waals surface area contributed by atoms with Gasteiger partial charge in [0.15, 0.2) is 11.6 Å². The lowest BCUT2D eigenvalue weighted by Gasteiger charge is -2.19. The van der Waals surface area contributed by atoms with E-state index >= 15 is 0 Å². The van der Waals surface area contributed by atoms with Crippen LogP contribution in [0.25, 0.3) is 11.0 Å². The Morgan fingerprint density at radius 1 is 1.10 bits per heavy atom. The van der Waals surface area contributed by atoms with Gasteiger partial charge in [0.05, 0.1) is 11.0 Å². The van der Waals surface area contributed by atoms with Crippen molar-refractivity contribution in [1.82, 2.24) is 14.9 Å². The van der Waals surface area contributed by atoms with E-state index in [0.29, 0.717) is 11.6 Å². The molecule has 0 aliphatic carbocycles. The van der Waals surface area contributed by atoms with Gasteiger partial charge in [0.1, 0.15) is 0 Å². The van der Waals surface area contributed by atoms with Gasteiger partial charge in [-0.1, -0.05) is 26.0 Å². The molecule has 0 aliphatic heterocycles. The second kappa shape index (κ2) is 7.05. The monoisotopic (exact) mass is 273 g/mol. The summed E-state index contributed by atoms with van der Waals surface area (Å²) in [6, 6.07) is 7.76. The van der Waals surface area contributed by atoms with Gasteiger partial charge in [-0.05, 0) is 31.6 Å². The highest BCUT2D eigenvalue weighted by molar-refractivity contribution is 5.79. The van der Waals surface area contributed by atoms with Crippen LogP contribution >= 0.6 is 0 Å². The van der Waals surface area contributed by atoms with Crippen LogP contribution in [0.15, 0.2) is 24.3 Å². The number of hydrogen-bond donors (Lipinski definition) is 2. The number of benzene rings is 1. The summed E-state index contributed by atoms with van der Waals surface area (Å²) in [6.07, 6.45) is 1.17. The molecule has 2 rings (SSSR count). The molecule has 0 saturated heterocycles. The second-order valence-electron chi connectivity index (χ2n) is 4.81. The lowest BCUT2D eigenvalue weighted by molar-refractivity contribution is 0.300. The van der Waals surface area contributed by atoms with Gasteiger partial charge in [-0.3, -0.25) is 0 Å². The van der Waals surface area contributed by atoms with E-state index in [0.717, 1.165) is 37.2 Å². The van der Waals surface area contributed by atoms with Crippen LogP contribution in [0.1, 0.15) is 20.3 Å². The second-order valence-corrected chi connectivity index (χ2v) is 4.81. The van der Waals surface area contributed by atoms with Crippen LogP contribution in [0, 0.1) is 0 Å². The highest BCUT2D eigenvalue weighted by atomic mass is 15.1. The van der Waals surface area contributed by atoms with Crippen LogP contribution in [0.4, 0.5) is 11.6 Å². The molecule has 0 bridgehead atoms. The predicted octanol–water partition coefficient (Wildman–Crippen LogP) is 2.36. The van der Waals surface area contributed by atoms with Crippen molar-refractivity contribution in [3.05, 3.63) is 24.3 Å². The van der Waals surface area contributed by atoms with Crippen molar-refractivity contribution in [2.24, 2.45) is 0 Å². The molecular formula is C15H23N5. The first-order valence-corrected chi connectivity index (χ1v) is 7.23. The number of nitrogens with zero attached hydrogens (tertiary/aromatic N) is 3. The van der Waals surface area contributed by atoms with Crippen molar-refractivity contribution in [3.63, 3.8) is 0 Å². The fraction of sp³-hybridized carbons (Fsp3) is 0.467. The molecule has 0 radical (unpaired) electrons. The molecule has 5 nitrogen and oxygen atoms in total. The van der Waals surface area contributed by atoms with Crippen LogP contribution in [-0.4, -0.2) is 41.0 Å². The zero-order chi connectivity index (χ0) is 14.4. The molecule has 1 aromatic carbocycles. The molecule has 0 amide bonds. The first-order chi connectivity index (χ1) is 9.74. The molecule has 108 valence electrons. The van der Waals surface area contributed by atoms with Crippen molar-refractivity contribution in [1.29, 1.82) is 0 Å². The first-order valence-electron chi connectivity index (χ1n) is 7.23. The number of fused-ring (bicyclic) bond motifs is 1. The molecule has 3 N–H and O–H groups in total. The maximum absolute atomic E-state index is 5.94. The Hall–Kier alpha value is -1.88. The first kappa shape index (κ1) is 14.5. The van der Waals surface area contributed by atoms with E-state index < -0.39 is 0 Å². The van der Waals surface area contributed by atoms with Gasteiger partial charge in [0, 0.05) is 13.1 Å². The summed E-state index contributed by atoms with van der Waals surface area (Å²) >= 11 is 0. The third-order valence-corrected chi connectivity index (χ3v) is 3.31. The van der Waals surface area contributed by atoms with E-state index in [1.54, 1.807) is 0 Å². The van der Waals surface area contributed by atoms with Gasteiger partial charge in [0.25, 0.3) is 0 Å². The van der Waals surface area contributed by atoms with Crippen LogP contribution < -0.4 is 11.1 Å². The summed E-state index contributed by atoms with van der Waals surface area (Å²) in [4.78, 5) is 11.3. The minimum atomic E-state index is 0.460. The lowest BCUT2D eigenvalue weighted by Crippen LogP contribution is -2.30. The van der Waals surface area contributed by atoms with Gasteiger partial charge in [-0.15, -0.1) is 0 Å². The molecule has 0 unspecified atom stereocenters. The van der Waals surface area contributed by atoms with Gasteiger partial charge >= 0.3 is 0 Å². The van der Waals surface area contributed by atoms with Crippen LogP contribution in [0.2, 0.25) is 0 Å². The molecule has 2 aromatic rings. The normalized spacial score (nSPS) is 11.2. The molecule has 1 aromatic heterocycles. The smallest absolute Gasteiger partial charge is 0.169 e. The minimum absolute atomic E-state index is 0.460. The summed E-state index contributed by atoms with van der Waals surface area (Å²) in [5.41, 5.74) is 7.64. The van der Waals surface area contributed by atoms with E-state index in [-0.39, 0.29) is 0 Å². The summed E-state index contributed by atoms with van der Waals surface area (Å²) in [5, 5.41) is 3.29. The number of nitrogens with one attached hydrogen (secondary N) is 1. The van der Waals surface area contributed by atoms with Gasteiger partial charge in [-0.2, -0.15) is 0 Å². The Balaban J connectivity index is 2.00. The number of likely N-dealkylation sites (N-methyl/N-ethyl adjacent to an activating group) is 1. The van der Waals surface area contributed by atoms with Gasteiger partial charge < -0.3 is 16.0 Å². The summed E-state index contributed by atoms with van der Waals surface area (Å²) in [7, 11) is 0. The fourth-order valence-corrected chi connectivity index (χ4v) is 2.22. The summed E-state index contributed by atoms with van der Waals surface area (Å²) < 4.78 is 0. The Bertz CT molecular complexity index is 555. The quantitative estimate of drug-likeness (QED) is 0.810. The summed E-state index contributed by atoms with van der Waals surface area (Å²) in [5.74, 6) is 1.14. The van der Waals surface area contributed by atoms with E-state index in [4.69, 9.17) is 5.73 Å². The zero-order valence-electron chi connectivity index (χ0n) is 12.3. The van der Waals surface area contributed by atoms with Crippen molar-refractivity contribution in [2.75, 3.05) is 37.2 Å². The Labute approximate surface area is 120 Å².